The molecular formula is C47H53ClN8O8S. The molecule has 4 N–H and O–H groups in total. The van der Waals surface area contributed by atoms with E-state index in [0.717, 1.165) is 74.1 Å². The number of piperazine rings is 1. The Morgan fingerprint density at radius 3 is 2.51 bits per heavy atom. The van der Waals surface area contributed by atoms with Crippen molar-refractivity contribution in [2.45, 2.75) is 44.4 Å². The van der Waals surface area contributed by atoms with Crippen LogP contribution in [0.4, 0.5) is 28.4 Å². The van der Waals surface area contributed by atoms with Gasteiger partial charge in [-0.15, -0.1) is 0 Å². The number of aliphatic hydroxyl groups excluding tert-OH is 1. The zero-order chi connectivity index (χ0) is 45.5. The van der Waals surface area contributed by atoms with Crippen LogP contribution >= 0.6 is 11.6 Å². The number of nitrogens with zero attached hydrogens (tertiary/aromatic N) is 5. The molecule has 0 unspecified atom stereocenters. The number of nitro groups is 1. The van der Waals surface area contributed by atoms with E-state index in [1.165, 1.54) is 28.8 Å². The molecule has 0 bridgehead atoms. The first kappa shape index (κ1) is 44.5. The average Bonchev–Trinajstić information content (AvgIpc) is 3.64. The van der Waals surface area contributed by atoms with Gasteiger partial charge in [-0.2, -0.15) is 4.98 Å². The molecule has 2 saturated heterocycles. The Bertz CT molecular complexity index is 2760. The van der Waals surface area contributed by atoms with Crippen molar-refractivity contribution < 1.29 is 32.7 Å². The van der Waals surface area contributed by atoms with Crippen LogP contribution in [-0.4, -0.2) is 111 Å². The molecule has 0 atom stereocenters. The summed E-state index contributed by atoms with van der Waals surface area (Å²) < 4.78 is 41.4. The van der Waals surface area contributed by atoms with Crippen LogP contribution in [0.3, 0.4) is 0 Å². The molecule has 3 aromatic carbocycles. The minimum Gasteiger partial charge on any atom is -0.476 e. The van der Waals surface area contributed by atoms with E-state index in [9.17, 15) is 28.4 Å². The van der Waals surface area contributed by atoms with Crippen LogP contribution in [0.5, 0.6) is 5.88 Å². The number of nitro benzene ring substituents is 1. The van der Waals surface area contributed by atoms with Gasteiger partial charge in [-0.25, -0.2) is 13.1 Å². The number of hydrogen-bond donors (Lipinski definition) is 4. The van der Waals surface area contributed by atoms with Crippen molar-refractivity contribution in [3.05, 3.63) is 111 Å². The van der Waals surface area contributed by atoms with Gasteiger partial charge in [0.05, 0.1) is 52.9 Å². The number of nitrogens with one attached hydrogen (secondary N) is 3. The summed E-state index contributed by atoms with van der Waals surface area (Å²) in [6.45, 7) is 10.1. The second-order valence-corrected chi connectivity index (χ2v) is 20.5. The zero-order valence-electron chi connectivity index (χ0n) is 36.4. The number of fused-ring (bicyclic) bond motifs is 2. The molecule has 342 valence electrons. The van der Waals surface area contributed by atoms with Crippen molar-refractivity contribution in [2.24, 2.45) is 10.8 Å². The number of benzene rings is 3. The van der Waals surface area contributed by atoms with Crippen LogP contribution in [0.15, 0.2) is 89.5 Å². The Kier molecular flexibility index (Phi) is 12.3. The van der Waals surface area contributed by atoms with Crippen molar-refractivity contribution in [1.29, 1.82) is 0 Å². The summed E-state index contributed by atoms with van der Waals surface area (Å²) in [5.41, 5.74) is 6.01. The van der Waals surface area contributed by atoms with Crippen molar-refractivity contribution in [3.63, 3.8) is 0 Å². The van der Waals surface area contributed by atoms with Gasteiger partial charge in [0.1, 0.15) is 17.0 Å². The molecule has 65 heavy (non-hydrogen) atoms. The number of allylic oxidation sites excluding steroid dienone is 1. The Hall–Kier alpha value is -5.72. The van der Waals surface area contributed by atoms with Gasteiger partial charge in [-0.1, -0.05) is 43.2 Å². The molecule has 9 rings (SSSR count). The average molecular weight is 926 g/mol. The quantitative estimate of drug-likeness (QED) is 0.0676. The standard InChI is InChI=1S/C47H53ClN8O8S/c1-46(2)14-12-33(38(25-46)31-4-6-34(48)7-5-31)26-53-17-19-54(20-18-53)35-8-10-37(40(23-35)55-16-3-21-64-45-42(55)22-32-13-15-49-43(32)51-45)44(58)52-65(61,62)36-9-11-39(41(24-36)56(59)60)50-27-47(28-57)29-63-30-47/h4-11,13,15,22-24,50,57H,3,12,14,16-21,25-30H2,1-2H3,(H,49,51)(H,52,58). The van der Waals surface area contributed by atoms with Gasteiger partial charge in [-0.05, 0) is 96.8 Å². The number of carbonyl (C=O) groups is 1. The van der Waals surface area contributed by atoms with Gasteiger partial charge in [0.25, 0.3) is 21.6 Å². The fourth-order valence-electron chi connectivity index (χ4n) is 9.18. The summed E-state index contributed by atoms with van der Waals surface area (Å²) >= 11 is 6.27. The van der Waals surface area contributed by atoms with E-state index in [0.29, 0.717) is 42.5 Å². The van der Waals surface area contributed by atoms with Crippen LogP contribution in [0, 0.1) is 20.9 Å². The number of amides is 1. The van der Waals surface area contributed by atoms with E-state index in [-0.39, 0.29) is 43.0 Å². The number of carbonyl (C=O) groups excluding carboxylic acids is 1. The Balaban J connectivity index is 0.992. The maximum atomic E-state index is 14.4. The molecule has 4 aliphatic rings. The molecule has 18 heteroatoms. The molecule has 3 aliphatic heterocycles. The highest BCUT2D eigenvalue weighted by molar-refractivity contribution is 7.90. The SMILES string of the molecule is CC1(C)CCC(CN2CCN(c3ccc(C(=O)NS(=O)(=O)c4ccc(NCC5(CO)COC5)c([N+](=O)[O-])c4)c(N4CCCOc5nc6[nH]ccc6cc54)c3)CC2)=C(c2ccc(Cl)cc2)C1. The predicted octanol–water partition coefficient (Wildman–Crippen LogP) is 7.37. The molecule has 1 aliphatic carbocycles. The third-order valence-corrected chi connectivity index (χ3v) is 14.7. The fourth-order valence-corrected chi connectivity index (χ4v) is 10.3. The molecule has 5 aromatic rings. The van der Waals surface area contributed by atoms with Gasteiger partial charge in [0.15, 0.2) is 0 Å². The Morgan fingerprint density at radius 2 is 1.78 bits per heavy atom. The first-order valence-electron chi connectivity index (χ1n) is 21.9. The molecule has 16 nitrogen and oxygen atoms in total. The summed E-state index contributed by atoms with van der Waals surface area (Å²) in [4.78, 5) is 40.0. The molecule has 5 heterocycles. The lowest BCUT2D eigenvalue weighted by molar-refractivity contribution is -0.384. The number of rotatable bonds is 13. The van der Waals surface area contributed by atoms with Gasteiger partial charge < -0.3 is 34.7 Å². The van der Waals surface area contributed by atoms with Crippen LogP contribution in [0.25, 0.3) is 16.6 Å². The van der Waals surface area contributed by atoms with Crippen molar-refractivity contribution >= 4 is 72.6 Å². The van der Waals surface area contributed by atoms with E-state index in [1.54, 1.807) is 12.3 Å². The summed E-state index contributed by atoms with van der Waals surface area (Å²) in [5, 5.41) is 26.5. The second kappa shape index (κ2) is 17.9. The normalized spacial score (nSPS) is 18.6. The van der Waals surface area contributed by atoms with Crippen LogP contribution in [0.2, 0.25) is 5.02 Å². The smallest absolute Gasteiger partial charge is 0.293 e. The van der Waals surface area contributed by atoms with E-state index in [2.05, 4.69) is 50.8 Å². The number of ether oxygens (including phenoxy) is 2. The van der Waals surface area contributed by atoms with Gasteiger partial charge >= 0.3 is 0 Å². The van der Waals surface area contributed by atoms with E-state index in [4.69, 9.17) is 26.1 Å². The highest BCUT2D eigenvalue weighted by atomic mass is 35.5. The third kappa shape index (κ3) is 9.38. The van der Waals surface area contributed by atoms with Crippen molar-refractivity contribution in [2.75, 3.05) is 87.4 Å². The number of hydrogen-bond acceptors (Lipinski definition) is 13. The number of aliphatic hydroxyl groups is 1. The Labute approximate surface area is 382 Å². The lowest BCUT2D eigenvalue weighted by Gasteiger charge is -2.40. The summed E-state index contributed by atoms with van der Waals surface area (Å²) in [6.07, 6.45) is 5.56. The Morgan fingerprint density at radius 1 is 1.00 bits per heavy atom. The molecular weight excluding hydrogens is 872 g/mol. The number of H-pyrrole nitrogens is 1. The number of sulfonamides is 1. The molecule has 0 saturated carbocycles. The van der Waals surface area contributed by atoms with Crippen molar-refractivity contribution in [1.82, 2.24) is 19.6 Å². The lowest BCUT2D eigenvalue weighted by Crippen LogP contribution is -2.50. The van der Waals surface area contributed by atoms with E-state index >= 15 is 0 Å². The van der Waals surface area contributed by atoms with Crippen LogP contribution in [0.1, 0.15) is 55.5 Å². The number of pyridine rings is 1. The first-order chi connectivity index (χ1) is 31.2. The zero-order valence-corrected chi connectivity index (χ0v) is 38.0. The number of anilines is 4. The fraction of sp³-hybridized carbons (Fsp3) is 0.404. The summed E-state index contributed by atoms with van der Waals surface area (Å²) in [7, 11) is -4.61. The maximum absolute atomic E-state index is 14.4. The van der Waals surface area contributed by atoms with Gasteiger partial charge in [0.2, 0.25) is 5.88 Å². The maximum Gasteiger partial charge on any atom is 0.293 e. The minimum atomic E-state index is -4.61. The van der Waals surface area contributed by atoms with Crippen LogP contribution in [-0.2, 0) is 14.8 Å². The molecule has 2 fully saturated rings. The molecule has 0 spiro atoms. The number of aromatic nitrogens is 2. The largest absolute Gasteiger partial charge is 0.476 e. The second-order valence-electron chi connectivity index (χ2n) is 18.4. The lowest BCUT2D eigenvalue weighted by atomic mass is 9.72. The first-order valence-corrected chi connectivity index (χ1v) is 23.8. The van der Waals surface area contributed by atoms with E-state index < -0.39 is 36.9 Å². The van der Waals surface area contributed by atoms with Crippen molar-refractivity contribution in [3.8, 4) is 5.88 Å². The van der Waals surface area contributed by atoms with E-state index in [1.807, 2.05) is 41.3 Å². The monoisotopic (exact) mass is 924 g/mol. The highest BCUT2D eigenvalue weighted by Gasteiger charge is 2.39. The third-order valence-electron chi connectivity index (χ3n) is 13.1. The molecule has 1 amide bonds. The van der Waals surface area contributed by atoms with Gasteiger partial charge in [-0.3, -0.25) is 19.8 Å². The molecule has 0 radical (unpaired) electrons. The molecule has 2 aromatic heterocycles. The minimum absolute atomic E-state index is 0.0729. The summed E-state index contributed by atoms with van der Waals surface area (Å²) in [5.74, 6) is -0.525. The van der Waals surface area contributed by atoms with Crippen LogP contribution < -0.4 is 24.6 Å². The number of aromatic amines is 1. The van der Waals surface area contributed by atoms with Gasteiger partial charge in [0, 0.05) is 74.2 Å². The number of halogens is 1. The summed E-state index contributed by atoms with van der Waals surface area (Å²) in [6, 6.07) is 20.8. The topological polar surface area (TPSA) is 196 Å². The predicted molar refractivity (Wildman–Crippen MR) is 251 cm³/mol. The highest BCUT2D eigenvalue weighted by Crippen LogP contribution is 2.44.